The third kappa shape index (κ3) is 3.90. The smallest absolute Gasteiger partial charge is 0.259 e. The van der Waals surface area contributed by atoms with Crippen molar-refractivity contribution >= 4 is 32.3 Å². The van der Waals surface area contributed by atoms with Gasteiger partial charge in [-0.2, -0.15) is 5.10 Å². The lowest BCUT2D eigenvalue weighted by Gasteiger charge is -2.13. The van der Waals surface area contributed by atoms with Crippen LogP contribution in [-0.2, 0) is 21.6 Å². The van der Waals surface area contributed by atoms with Crippen LogP contribution in [0.3, 0.4) is 0 Å². The summed E-state index contributed by atoms with van der Waals surface area (Å²) in [5.41, 5.74) is 1.61. The lowest BCUT2D eigenvalue weighted by Crippen LogP contribution is -2.18. The van der Waals surface area contributed by atoms with Crippen LogP contribution in [0.15, 0.2) is 47.5 Å². The fourth-order valence-corrected chi connectivity index (χ4v) is 5.30. The van der Waals surface area contributed by atoms with Crippen LogP contribution in [0, 0.1) is 5.92 Å². The number of carbonyl (C=O) groups excluding carboxylic acids is 1. The number of ether oxygens (including phenoxy) is 2. The molecule has 1 saturated heterocycles. The number of hydrogen-bond acceptors (Lipinski definition) is 6. The van der Waals surface area contributed by atoms with Crippen molar-refractivity contribution in [2.45, 2.75) is 11.3 Å². The van der Waals surface area contributed by atoms with Crippen molar-refractivity contribution in [3.8, 4) is 5.75 Å². The number of nitrogens with zero attached hydrogens (tertiary/aromatic N) is 2. The molecule has 0 aliphatic carbocycles. The molecule has 1 aromatic heterocycles. The number of amides is 1. The number of benzene rings is 2. The van der Waals surface area contributed by atoms with Crippen LogP contribution in [0.2, 0.25) is 0 Å². The zero-order valence-electron chi connectivity index (χ0n) is 16.8. The lowest BCUT2D eigenvalue weighted by atomic mass is 10.1. The van der Waals surface area contributed by atoms with Crippen molar-refractivity contribution in [3.63, 3.8) is 0 Å². The van der Waals surface area contributed by atoms with Crippen molar-refractivity contribution in [2.24, 2.45) is 13.0 Å². The van der Waals surface area contributed by atoms with E-state index in [1.165, 1.54) is 25.3 Å². The zero-order valence-corrected chi connectivity index (χ0v) is 17.6. The molecule has 0 unspecified atom stereocenters. The van der Waals surface area contributed by atoms with E-state index in [1.807, 2.05) is 19.2 Å². The van der Waals surface area contributed by atoms with Gasteiger partial charge in [-0.25, -0.2) is 8.42 Å². The van der Waals surface area contributed by atoms with Gasteiger partial charge in [0.2, 0.25) is 0 Å². The summed E-state index contributed by atoms with van der Waals surface area (Å²) >= 11 is 0. The molecule has 0 saturated carbocycles. The van der Waals surface area contributed by atoms with Gasteiger partial charge in [0.1, 0.15) is 5.75 Å². The van der Waals surface area contributed by atoms with E-state index in [2.05, 4.69) is 10.4 Å². The molecular weight excluding hydrogens is 406 g/mol. The summed E-state index contributed by atoms with van der Waals surface area (Å²) in [7, 11) is -0.295. The van der Waals surface area contributed by atoms with Crippen LogP contribution in [0.25, 0.3) is 10.9 Å². The van der Waals surface area contributed by atoms with E-state index >= 15 is 0 Å². The highest BCUT2D eigenvalue weighted by Crippen LogP contribution is 2.28. The Morgan fingerprint density at radius 1 is 1.33 bits per heavy atom. The highest BCUT2D eigenvalue weighted by atomic mass is 32.2. The summed E-state index contributed by atoms with van der Waals surface area (Å²) < 4.78 is 38.0. The molecule has 1 fully saturated rings. The zero-order chi connectivity index (χ0) is 21.3. The highest BCUT2D eigenvalue weighted by Gasteiger charge is 2.26. The summed E-state index contributed by atoms with van der Waals surface area (Å²) in [6.07, 6.45) is 2.39. The number of nitrogens with one attached hydrogen (secondary N) is 1. The number of anilines is 1. The van der Waals surface area contributed by atoms with Crippen LogP contribution in [0.1, 0.15) is 16.8 Å². The lowest BCUT2D eigenvalue weighted by molar-refractivity contribution is 0.102. The second-order valence-corrected chi connectivity index (χ2v) is 9.37. The van der Waals surface area contributed by atoms with Crippen LogP contribution >= 0.6 is 0 Å². The number of hydrogen-bond donors (Lipinski definition) is 1. The molecule has 1 aliphatic heterocycles. The normalized spacial score (nSPS) is 16.7. The molecule has 158 valence electrons. The van der Waals surface area contributed by atoms with Gasteiger partial charge < -0.3 is 14.8 Å². The third-order valence-electron chi connectivity index (χ3n) is 5.29. The van der Waals surface area contributed by atoms with E-state index in [1.54, 1.807) is 16.9 Å². The Balaban J connectivity index is 1.65. The van der Waals surface area contributed by atoms with Gasteiger partial charge in [0.15, 0.2) is 9.84 Å². The summed E-state index contributed by atoms with van der Waals surface area (Å²) in [6.45, 7) is 1.02. The van der Waals surface area contributed by atoms with Crippen molar-refractivity contribution < 1.29 is 22.7 Å². The molecule has 4 rings (SSSR count). The molecule has 2 aromatic carbocycles. The number of aromatic nitrogens is 2. The first-order chi connectivity index (χ1) is 14.4. The molecule has 0 spiro atoms. The minimum atomic E-state index is -3.56. The Morgan fingerprint density at radius 3 is 2.90 bits per heavy atom. The van der Waals surface area contributed by atoms with Crippen LogP contribution in [-0.4, -0.2) is 50.2 Å². The Hall–Kier alpha value is -2.91. The molecule has 1 aliphatic rings. The van der Waals surface area contributed by atoms with Gasteiger partial charge in [-0.15, -0.1) is 0 Å². The van der Waals surface area contributed by atoms with Crippen molar-refractivity contribution in [1.29, 1.82) is 0 Å². The highest BCUT2D eigenvalue weighted by molar-refractivity contribution is 7.91. The van der Waals surface area contributed by atoms with Crippen LogP contribution < -0.4 is 10.1 Å². The largest absolute Gasteiger partial charge is 0.496 e. The first kappa shape index (κ1) is 20.4. The average molecular weight is 429 g/mol. The van der Waals surface area contributed by atoms with Gasteiger partial charge in [-0.05, 0) is 42.7 Å². The molecule has 0 radical (unpaired) electrons. The van der Waals surface area contributed by atoms with Gasteiger partial charge in [0.25, 0.3) is 5.91 Å². The van der Waals surface area contributed by atoms with Gasteiger partial charge in [-0.1, -0.05) is 6.07 Å². The molecule has 8 nitrogen and oxygen atoms in total. The predicted molar refractivity (Wildman–Crippen MR) is 113 cm³/mol. The second kappa shape index (κ2) is 8.08. The fraction of sp³-hybridized carbons (Fsp3) is 0.333. The Labute approximate surface area is 174 Å². The standard InChI is InChI=1S/C21H23N3O5S/c1-24-19-5-3-4-18(17(19)11-22-24)23-21(25)16-10-15(6-7-20(16)28-2)30(26,27)13-14-8-9-29-12-14/h3-7,10-11,14H,8-9,12-13H2,1-2H3,(H,23,25)/t14-/m0/s1. The maximum Gasteiger partial charge on any atom is 0.259 e. The SMILES string of the molecule is COc1ccc(S(=O)(=O)C[C@H]2CCOC2)cc1C(=O)Nc1cccc2c1cnn2C. The van der Waals surface area contributed by atoms with E-state index in [0.29, 0.717) is 24.7 Å². The van der Waals surface area contributed by atoms with Crippen molar-refractivity contribution in [2.75, 3.05) is 31.4 Å². The minimum Gasteiger partial charge on any atom is -0.496 e. The Morgan fingerprint density at radius 2 is 2.17 bits per heavy atom. The summed E-state index contributed by atoms with van der Waals surface area (Å²) in [6, 6.07) is 9.86. The first-order valence-corrected chi connectivity index (χ1v) is 11.2. The average Bonchev–Trinajstić information content (AvgIpc) is 3.37. The van der Waals surface area contributed by atoms with E-state index in [4.69, 9.17) is 9.47 Å². The van der Waals surface area contributed by atoms with E-state index < -0.39 is 15.7 Å². The Kier molecular flexibility index (Phi) is 5.48. The monoisotopic (exact) mass is 429 g/mol. The molecule has 3 aromatic rings. The summed E-state index contributed by atoms with van der Waals surface area (Å²) in [4.78, 5) is 13.1. The fourth-order valence-electron chi connectivity index (χ4n) is 3.66. The number of carbonyl (C=O) groups is 1. The van der Waals surface area contributed by atoms with Crippen molar-refractivity contribution in [1.82, 2.24) is 9.78 Å². The first-order valence-electron chi connectivity index (χ1n) is 9.59. The number of rotatable bonds is 6. The van der Waals surface area contributed by atoms with E-state index in [-0.39, 0.29) is 22.1 Å². The Bertz CT molecular complexity index is 1200. The van der Waals surface area contributed by atoms with E-state index in [9.17, 15) is 13.2 Å². The third-order valence-corrected chi connectivity index (χ3v) is 7.18. The topological polar surface area (TPSA) is 99.5 Å². The molecule has 0 bridgehead atoms. The maximum absolute atomic E-state index is 13.0. The minimum absolute atomic E-state index is 0.00458. The molecule has 1 amide bonds. The summed E-state index contributed by atoms with van der Waals surface area (Å²) in [5, 5.41) is 7.86. The number of aryl methyl sites for hydroxylation is 1. The van der Waals surface area contributed by atoms with Crippen LogP contribution in [0.4, 0.5) is 5.69 Å². The van der Waals surface area contributed by atoms with Crippen LogP contribution in [0.5, 0.6) is 5.75 Å². The quantitative estimate of drug-likeness (QED) is 0.647. The molecule has 1 N–H and O–H groups in total. The maximum atomic E-state index is 13.0. The van der Waals surface area contributed by atoms with Gasteiger partial charge in [-0.3, -0.25) is 9.48 Å². The van der Waals surface area contributed by atoms with E-state index in [0.717, 1.165) is 17.3 Å². The number of fused-ring (bicyclic) bond motifs is 1. The number of sulfone groups is 1. The predicted octanol–water partition coefficient (Wildman–Crippen LogP) is 2.64. The number of methoxy groups -OCH3 is 1. The molecular formula is C21H23N3O5S. The molecule has 2 heterocycles. The van der Waals surface area contributed by atoms with Gasteiger partial charge >= 0.3 is 0 Å². The molecule has 30 heavy (non-hydrogen) atoms. The molecule has 1 atom stereocenters. The summed E-state index contributed by atoms with van der Waals surface area (Å²) in [5.74, 6) is -0.189. The second-order valence-electron chi connectivity index (χ2n) is 7.33. The van der Waals surface area contributed by atoms with Crippen molar-refractivity contribution in [3.05, 3.63) is 48.2 Å². The van der Waals surface area contributed by atoms with Gasteiger partial charge in [0, 0.05) is 19.0 Å². The molecule has 9 heteroatoms. The van der Waals surface area contributed by atoms with Gasteiger partial charge in [0.05, 0.1) is 47.3 Å².